The van der Waals surface area contributed by atoms with Gasteiger partial charge in [0.2, 0.25) is 5.79 Å². The summed E-state index contributed by atoms with van der Waals surface area (Å²) in [6.45, 7) is 9.97. The summed E-state index contributed by atoms with van der Waals surface area (Å²) >= 11 is 7.59. The van der Waals surface area contributed by atoms with E-state index in [0.717, 1.165) is 40.9 Å². The van der Waals surface area contributed by atoms with Crippen LogP contribution in [0.1, 0.15) is 6.92 Å². The molecule has 222 valence electrons. The highest BCUT2D eigenvalue weighted by Crippen LogP contribution is 2.27. The summed E-state index contributed by atoms with van der Waals surface area (Å²) in [5.74, 6) is 5.17. The zero-order valence-electron chi connectivity index (χ0n) is 22.8. The third-order valence-corrected chi connectivity index (χ3v) is 11.3. The van der Waals surface area contributed by atoms with Gasteiger partial charge >= 0.3 is 11.9 Å². The van der Waals surface area contributed by atoms with Crippen LogP contribution in [0.4, 0.5) is 0 Å². The van der Waals surface area contributed by atoms with Gasteiger partial charge in [0.05, 0.1) is 19.8 Å². The minimum Gasteiger partial charge on any atom is -0.489 e. The van der Waals surface area contributed by atoms with Crippen LogP contribution in [-0.2, 0) is 28.5 Å². The Morgan fingerprint density at radius 2 is 1.60 bits per heavy atom. The van der Waals surface area contributed by atoms with Crippen molar-refractivity contribution < 1.29 is 38.0 Å². The number of carbonyl (C=O) groups excluding carboxylic acids is 2. The number of carbonyl (C=O) groups is 2. The molecule has 40 heavy (non-hydrogen) atoms. The summed E-state index contributed by atoms with van der Waals surface area (Å²) in [6, 6.07) is 7.05. The topological polar surface area (TPSA) is 89.5 Å². The second kappa shape index (κ2) is 18.2. The first-order valence-electron chi connectivity index (χ1n) is 13.0. The molecule has 3 rings (SSSR count). The zero-order valence-corrected chi connectivity index (χ0v) is 26.1. The van der Waals surface area contributed by atoms with Gasteiger partial charge in [0.15, 0.2) is 12.7 Å². The standard InChI is InChI=1S/C28H38O8S4/c1-4-26(29)35-23(14-31-16-24-18-37-9-11-39-24)15-32-21-7-6-8-22(13-21)33-20-28(3,36-27(30)5-2)34-17-25-19-38-10-12-40-25/h4-8,13,23-25H,1-2,9-12,14-20H2,3H3. The van der Waals surface area contributed by atoms with E-state index in [-0.39, 0.29) is 19.8 Å². The Bertz CT molecular complexity index is 952. The number of thioether (sulfide) groups is 4. The lowest BCUT2D eigenvalue weighted by Gasteiger charge is -2.31. The third kappa shape index (κ3) is 12.6. The van der Waals surface area contributed by atoms with E-state index in [1.807, 2.05) is 47.0 Å². The van der Waals surface area contributed by atoms with Crippen molar-refractivity contribution in [3.05, 3.63) is 49.6 Å². The van der Waals surface area contributed by atoms with E-state index in [0.29, 0.717) is 35.2 Å². The van der Waals surface area contributed by atoms with Crippen molar-refractivity contribution in [3.63, 3.8) is 0 Å². The first-order valence-corrected chi connectivity index (χ1v) is 17.4. The predicted molar refractivity (Wildman–Crippen MR) is 166 cm³/mol. The van der Waals surface area contributed by atoms with Crippen LogP contribution in [0.25, 0.3) is 0 Å². The Hall–Kier alpha value is -1.44. The molecule has 0 radical (unpaired) electrons. The normalized spacial score (nSPS) is 21.3. The van der Waals surface area contributed by atoms with Crippen molar-refractivity contribution in [2.75, 3.05) is 67.6 Å². The molecule has 0 saturated carbocycles. The Balaban J connectivity index is 1.53. The Morgan fingerprint density at radius 3 is 2.23 bits per heavy atom. The summed E-state index contributed by atoms with van der Waals surface area (Å²) in [7, 11) is 0. The first kappa shape index (κ1) is 33.1. The van der Waals surface area contributed by atoms with Gasteiger partial charge in [0, 0.05) is 70.2 Å². The molecule has 2 saturated heterocycles. The molecule has 2 fully saturated rings. The molecule has 1 aromatic carbocycles. The average molecular weight is 631 g/mol. The molecule has 1 aromatic rings. The highest BCUT2D eigenvalue weighted by molar-refractivity contribution is 8.07. The van der Waals surface area contributed by atoms with Gasteiger partial charge in [0.1, 0.15) is 18.1 Å². The van der Waals surface area contributed by atoms with E-state index in [1.165, 1.54) is 5.75 Å². The van der Waals surface area contributed by atoms with Crippen molar-refractivity contribution in [1.29, 1.82) is 0 Å². The monoisotopic (exact) mass is 630 g/mol. The molecule has 0 amide bonds. The van der Waals surface area contributed by atoms with Crippen LogP contribution in [0.15, 0.2) is 49.6 Å². The van der Waals surface area contributed by atoms with E-state index >= 15 is 0 Å². The largest absolute Gasteiger partial charge is 0.489 e. The van der Waals surface area contributed by atoms with Crippen LogP contribution >= 0.6 is 47.0 Å². The quantitative estimate of drug-likeness (QED) is 0.136. The van der Waals surface area contributed by atoms with E-state index in [9.17, 15) is 9.59 Å². The van der Waals surface area contributed by atoms with Crippen molar-refractivity contribution >= 4 is 59.0 Å². The number of ether oxygens (including phenoxy) is 6. The van der Waals surface area contributed by atoms with Gasteiger partial charge in [-0.1, -0.05) is 19.2 Å². The fraction of sp³-hybridized carbons (Fsp3) is 0.571. The molecule has 0 N–H and O–H groups in total. The maximum Gasteiger partial charge on any atom is 0.332 e. The Morgan fingerprint density at radius 1 is 0.950 bits per heavy atom. The van der Waals surface area contributed by atoms with Gasteiger partial charge in [-0.2, -0.15) is 47.0 Å². The minimum atomic E-state index is -1.29. The van der Waals surface area contributed by atoms with Crippen LogP contribution in [0, 0.1) is 0 Å². The van der Waals surface area contributed by atoms with Gasteiger partial charge < -0.3 is 28.4 Å². The lowest BCUT2D eigenvalue weighted by molar-refractivity contribution is -0.229. The Labute approximate surface area is 254 Å². The summed E-state index contributed by atoms with van der Waals surface area (Å²) in [5.41, 5.74) is 0. The second-order valence-corrected chi connectivity index (χ2v) is 14.2. The van der Waals surface area contributed by atoms with Crippen LogP contribution in [0.3, 0.4) is 0 Å². The van der Waals surface area contributed by atoms with E-state index < -0.39 is 23.8 Å². The highest BCUT2D eigenvalue weighted by atomic mass is 32.2. The number of hydrogen-bond acceptors (Lipinski definition) is 12. The molecule has 2 aliphatic heterocycles. The highest BCUT2D eigenvalue weighted by Gasteiger charge is 2.32. The molecule has 0 bridgehead atoms. The summed E-state index contributed by atoms with van der Waals surface area (Å²) in [5, 5.41) is 0.759. The SMILES string of the molecule is C=CC(=O)OC(COCC1CSCCS1)COc1cccc(OCC(C)(OCC2CSCCS2)OC(=O)C=C)c1. The molecule has 0 aliphatic carbocycles. The first-order chi connectivity index (χ1) is 19.4. The fourth-order valence-electron chi connectivity index (χ4n) is 3.61. The maximum absolute atomic E-state index is 12.0. The predicted octanol–water partition coefficient (Wildman–Crippen LogP) is 4.72. The summed E-state index contributed by atoms with van der Waals surface area (Å²) in [6.07, 6.45) is 1.63. The third-order valence-electron chi connectivity index (χ3n) is 5.63. The van der Waals surface area contributed by atoms with Crippen LogP contribution in [0.5, 0.6) is 11.5 Å². The van der Waals surface area contributed by atoms with Crippen molar-refractivity contribution in [2.45, 2.75) is 29.3 Å². The number of rotatable bonds is 17. The molecule has 0 spiro atoms. The van der Waals surface area contributed by atoms with E-state index in [2.05, 4.69) is 13.2 Å². The lowest BCUT2D eigenvalue weighted by Crippen LogP contribution is -2.42. The number of benzene rings is 1. The smallest absolute Gasteiger partial charge is 0.332 e. The van der Waals surface area contributed by atoms with Crippen molar-refractivity contribution in [2.24, 2.45) is 0 Å². The van der Waals surface area contributed by atoms with Gasteiger partial charge in [-0.3, -0.25) is 0 Å². The van der Waals surface area contributed by atoms with Crippen LogP contribution in [-0.4, -0.2) is 102 Å². The fourth-order valence-corrected chi connectivity index (χ4v) is 8.74. The molecule has 12 heteroatoms. The molecule has 2 heterocycles. The molecule has 4 atom stereocenters. The number of hydrogen-bond donors (Lipinski definition) is 0. The average Bonchev–Trinajstić information content (AvgIpc) is 2.99. The van der Waals surface area contributed by atoms with Crippen molar-refractivity contribution in [1.82, 2.24) is 0 Å². The number of esters is 2. The second-order valence-electron chi connectivity index (χ2n) is 9.08. The van der Waals surface area contributed by atoms with E-state index in [4.69, 9.17) is 28.4 Å². The Kier molecular flexibility index (Phi) is 15.0. The molecule has 2 aliphatic rings. The molecule has 8 nitrogen and oxygen atoms in total. The van der Waals surface area contributed by atoms with Crippen molar-refractivity contribution in [3.8, 4) is 11.5 Å². The molecule has 0 aromatic heterocycles. The van der Waals surface area contributed by atoms with E-state index in [1.54, 1.807) is 31.2 Å². The van der Waals surface area contributed by atoms with Crippen LogP contribution < -0.4 is 9.47 Å². The molecular weight excluding hydrogens is 593 g/mol. The van der Waals surface area contributed by atoms with Crippen LogP contribution in [0.2, 0.25) is 0 Å². The summed E-state index contributed by atoms with van der Waals surface area (Å²) < 4.78 is 34.7. The van der Waals surface area contributed by atoms with Gasteiger partial charge in [-0.15, -0.1) is 0 Å². The molecular formula is C28H38O8S4. The van der Waals surface area contributed by atoms with Gasteiger partial charge in [-0.05, 0) is 12.1 Å². The summed E-state index contributed by atoms with van der Waals surface area (Å²) in [4.78, 5) is 23.8. The zero-order chi connectivity index (χ0) is 28.6. The van der Waals surface area contributed by atoms with Gasteiger partial charge in [0.25, 0.3) is 0 Å². The minimum absolute atomic E-state index is 0.0224. The molecule has 4 unspecified atom stereocenters. The van der Waals surface area contributed by atoms with Gasteiger partial charge in [-0.25, -0.2) is 9.59 Å². The maximum atomic E-state index is 12.0. The lowest BCUT2D eigenvalue weighted by atomic mass is 10.3.